The Morgan fingerprint density at radius 3 is 3.18 bits per heavy atom. The summed E-state index contributed by atoms with van der Waals surface area (Å²) in [5, 5.41) is 7.31. The van der Waals surface area contributed by atoms with Crippen LogP contribution in [0, 0.1) is 0 Å². The second-order valence-corrected chi connectivity index (χ2v) is 5.42. The molecule has 1 aliphatic rings. The van der Waals surface area contributed by atoms with Crippen molar-refractivity contribution in [2.24, 2.45) is 0 Å². The van der Waals surface area contributed by atoms with Gasteiger partial charge in [-0.2, -0.15) is 5.10 Å². The zero-order valence-electron chi connectivity index (χ0n) is 12.4. The number of hydrogen-bond acceptors (Lipinski definition) is 4. The van der Waals surface area contributed by atoms with E-state index in [4.69, 9.17) is 16.3 Å². The first-order valence-corrected chi connectivity index (χ1v) is 7.75. The fourth-order valence-corrected chi connectivity index (χ4v) is 2.76. The number of carbonyl (C=O) groups excluding carboxylic acids is 1. The zero-order chi connectivity index (χ0) is 15.5. The highest BCUT2D eigenvalue weighted by atomic mass is 35.5. The maximum atomic E-state index is 12.1. The first-order valence-electron chi connectivity index (χ1n) is 7.38. The van der Waals surface area contributed by atoms with Crippen molar-refractivity contribution < 1.29 is 9.53 Å². The minimum absolute atomic E-state index is 0.230. The molecule has 0 spiro atoms. The smallest absolute Gasteiger partial charge is 0.273 e. The Morgan fingerprint density at radius 2 is 2.41 bits per heavy atom. The summed E-state index contributed by atoms with van der Waals surface area (Å²) in [6.45, 7) is 4.62. The van der Waals surface area contributed by atoms with Gasteiger partial charge in [-0.05, 0) is 6.42 Å². The van der Waals surface area contributed by atoms with Gasteiger partial charge in [-0.3, -0.25) is 4.79 Å². The van der Waals surface area contributed by atoms with Crippen molar-refractivity contribution in [3.63, 3.8) is 0 Å². The summed E-state index contributed by atoms with van der Waals surface area (Å²) in [7, 11) is 0. The molecule has 1 amide bonds. The minimum Gasteiger partial charge on any atom is -0.475 e. The third-order valence-electron chi connectivity index (χ3n) is 3.59. The van der Waals surface area contributed by atoms with Gasteiger partial charge in [0, 0.05) is 31.9 Å². The molecule has 8 heteroatoms. The van der Waals surface area contributed by atoms with E-state index < -0.39 is 0 Å². The van der Waals surface area contributed by atoms with Crippen molar-refractivity contribution in [3.05, 3.63) is 28.9 Å². The number of amides is 1. The quantitative estimate of drug-likeness (QED) is 0.818. The monoisotopic (exact) mass is 323 g/mol. The van der Waals surface area contributed by atoms with Gasteiger partial charge in [-0.25, -0.2) is 9.67 Å². The maximum absolute atomic E-state index is 12.1. The van der Waals surface area contributed by atoms with E-state index in [1.54, 1.807) is 10.9 Å². The Labute approximate surface area is 133 Å². The lowest BCUT2D eigenvalue weighted by molar-refractivity contribution is 0.0946. The number of aromatic nitrogens is 4. The fraction of sp³-hybridized carbons (Fsp3) is 0.500. The van der Waals surface area contributed by atoms with Crippen LogP contribution in [-0.4, -0.2) is 38.4 Å². The Kier molecular flexibility index (Phi) is 4.33. The van der Waals surface area contributed by atoms with Gasteiger partial charge in [0.25, 0.3) is 5.91 Å². The van der Waals surface area contributed by atoms with Crippen LogP contribution in [0.3, 0.4) is 0 Å². The van der Waals surface area contributed by atoms with E-state index in [0.29, 0.717) is 25.6 Å². The van der Waals surface area contributed by atoms with Gasteiger partial charge >= 0.3 is 0 Å². The summed E-state index contributed by atoms with van der Waals surface area (Å²) >= 11 is 6.12. The molecule has 2 aromatic heterocycles. The molecule has 0 aromatic carbocycles. The highest BCUT2D eigenvalue weighted by Crippen LogP contribution is 2.31. The van der Waals surface area contributed by atoms with Crippen molar-refractivity contribution in [2.45, 2.75) is 32.9 Å². The molecule has 3 heterocycles. The lowest BCUT2D eigenvalue weighted by atomic mass is 10.3. The molecule has 0 aliphatic carbocycles. The molecule has 1 N–H and O–H groups in total. The van der Waals surface area contributed by atoms with E-state index in [-0.39, 0.29) is 16.6 Å². The summed E-state index contributed by atoms with van der Waals surface area (Å²) in [5.41, 5.74) is 0.230. The summed E-state index contributed by atoms with van der Waals surface area (Å²) in [6.07, 6.45) is 5.46. The summed E-state index contributed by atoms with van der Waals surface area (Å²) in [4.78, 5) is 16.4. The number of hydrogen-bond donors (Lipinski definition) is 1. The van der Waals surface area contributed by atoms with Gasteiger partial charge in [0.15, 0.2) is 5.69 Å². The first-order chi connectivity index (χ1) is 10.7. The molecule has 7 nitrogen and oxygen atoms in total. The van der Waals surface area contributed by atoms with Crippen LogP contribution in [0.1, 0.15) is 29.7 Å². The molecular weight excluding hydrogens is 306 g/mol. The number of rotatable bonds is 6. The van der Waals surface area contributed by atoms with Gasteiger partial charge in [-0.1, -0.05) is 18.5 Å². The van der Waals surface area contributed by atoms with Crippen LogP contribution in [0.15, 0.2) is 12.4 Å². The molecule has 0 bridgehead atoms. The number of carbonyl (C=O) groups is 1. The van der Waals surface area contributed by atoms with Crippen LogP contribution in [0.25, 0.3) is 0 Å². The molecule has 118 valence electrons. The van der Waals surface area contributed by atoms with Crippen LogP contribution in [0.2, 0.25) is 5.02 Å². The van der Waals surface area contributed by atoms with E-state index in [1.807, 2.05) is 6.20 Å². The molecule has 0 unspecified atom stereocenters. The summed E-state index contributed by atoms with van der Waals surface area (Å²) in [6, 6.07) is 0. The Bertz CT molecular complexity index is 679. The number of halogens is 1. The summed E-state index contributed by atoms with van der Waals surface area (Å²) < 4.78 is 9.06. The van der Waals surface area contributed by atoms with Gasteiger partial charge in [0.05, 0.1) is 6.54 Å². The van der Waals surface area contributed by atoms with E-state index in [9.17, 15) is 4.79 Å². The van der Waals surface area contributed by atoms with Gasteiger partial charge < -0.3 is 14.6 Å². The molecule has 0 radical (unpaired) electrons. The lowest BCUT2D eigenvalue weighted by Crippen LogP contribution is -2.26. The second kappa shape index (κ2) is 6.39. The number of imidazole rings is 1. The molecular formula is C14H18ClN5O2. The van der Waals surface area contributed by atoms with Crippen LogP contribution in [-0.2, 0) is 19.5 Å². The molecule has 0 atom stereocenters. The Morgan fingerprint density at radius 1 is 1.55 bits per heavy atom. The normalized spacial score (nSPS) is 13.0. The molecule has 0 saturated heterocycles. The fourth-order valence-electron chi connectivity index (χ4n) is 2.48. The number of ether oxygens (including phenoxy) is 1. The summed E-state index contributed by atoms with van der Waals surface area (Å²) in [5.74, 6) is 1.27. The average molecular weight is 324 g/mol. The van der Waals surface area contributed by atoms with Crippen molar-refractivity contribution in [2.75, 3.05) is 13.2 Å². The zero-order valence-corrected chi connectivity index (χ0v) is 13.1. The molecule has 3 rings (SSSR count). The third-order valence-corrected chi connectivity index (χ3v) is 3.93. The SMILES string of the molecule is CCc1nccn1CCCNC(=O)c1nn2c(c1Cl)OCC2. The number of fused-ring (bicyclic) bond motifs is 1. The van der Waals surface area contributed by atoms with Crippen molar-refractivity contribution in [1.82, 2.24) is 24.6 Å². The molecule has 2 aromatic rings. The van der Waals surface area contributed by atoms with Gasteiger partial charge in [-0.15, -0.1) is 0 Å². The lowest BCUT2D eigenvalue weighted by Gasteiger charge is -2.07. The first kappa shape index (κ1) is 14.9. The number of aryl methyl sites for hydroxylation is 2. The van der Waals surface area contributed by atoms with Crippen LogP contribution in [0.5, 0.6) is 5.88 Å². The largest absolute Gasteiger partial charge is 0.475 e. The van der Waals surface area contributed by atoms with E-state index in [2.05, 4.69) is 26.9 Å². The van der Waals surface area contributed by atoms with Crippen LogP contribution in [0.4, 0.5) is 0 Å². The number of nitrogens with one attached hydrogen (secondary N) is 1. The maximum Gasteiger partial charge on any atom is 0.273 e. The Balaban J connectivity index is 1.51. The molecule has 0 saturated carbocycles. The van der Waals surface area contributed by atoms with Gasteiger partial charge in [0.1, 0.15) is 17.5 Å². The molecule has 1 aliphatic heterocycles. The molecule has 22 heavy (non-hydrogen) atoms. The van der Waals surface area contributed by atoms with E-state index >= 15 is 0 Å². The highest BCUT2D eigenvalue weighted by Gasteiger charge is 2.25. The minimum atomic E-state index is -0.267. The van der Waals surface area contributed by atoms with Crippen LogP contribution >= 0.6 is 11.6 Å². The molecule has 0 fully saturated rings. The number of nitrogens with zero attached hydrogens (tertiary/aromatic N) is 4. The average Bonchev–Trinajstić information content (AvgIpc) is 3.21. The van der Waals surface area contributed by atoms with Crippen molar-refractivity contribution in [3.8, 4) is 5.88 Å². The predicted molar refractivity (Wildman–Crippen MR) is 81.3 cm³/mol. The third kappa shape index (κ3) is 2.81. The van der Waals surface area contributed by atoms with Crippen LogP contribution < -0.4 is 10.1 Å². The standard InChI is InChI=1S/C14H18ClN5O2/c1-2-10-16-5-7-19(10)6-3-4-17-13(21)12-11(15)14-20(18-12)8-9-22-14/h5,7H,2-4,6,8-9H2,1H3,(H,17,21). The van der Waals surface area contributed by atoms with Gasteiger partial charge in [0.2, 0.25) is 5.88 Å². The Hall–Kier alpha value is -2.02. The van der Waals surface area contributed by atoms with E-state index in [1.165, 1.54) is 0 Å². The van der Waals surface area contributed by atoms with Crippen molar-refractivity contribution >= 4 is 17.5 Å². The highest BCUT2D eigenvalue weighted by molar-refractivity contribution is 6.34. The van der Waals surface area contributed by atoms with E-state index in [0.717, 1.165) is 25.2 Å². The van der Waals surface area contributed by atoms with Crippen molar-refractivity contribution in [1.29, 1.82) is 0 Å². The predicted octanol–water partition coefficient (Wildman–Crippen LogP) is 1.51. The topological polar surface area (TPSA) is 74.0 Å². The second-order valence-electron chi connectivity index (χ2n) is 5.04.